The zero-order valence-electron chi connectivity index (χ0n) is 12.4. The molecule has 0 aliphatic carbocycles. The number of hydrogen-bond acceptors (Lipinski definition) is 5. The molecule has 1 aromatic carbocycles. The van der Waals surface area contributed by atoms with Crippen molar-refractivity contribution in [1.82, 2.24) is 4.90 Å². The first-order valence-electron chi connectivity index (χ1n) is 6.85. The first-order valence-corrected chi connectivity index (χ1v) is 9.38. The first-order chi connectivity index (χ1) is 10.8. The maximum Gasteiger partial charge on any atom is 0.260 e. The molecular weight excluding hydrogens is 386 g/mol. The number of methoxy groups -OCH3 is 1. The van der Waals surface area contributed by atoms with Gasteiger partial charge in [-0.2, -0.15) is 0 Å². The molecule has 1 amide bonds. The third kappa shape index (κ3) is 2.20. The molecular formula is C15H14BrNO5S. The molecule has 1 saturated heterocycles. The van der Waals surface area contributed by atoms with Gasteiger partial charge in [0.2, 0.25) is 5.78 Å². The van der Waals surface area contributed by atoms with Crippen molar-refractivity contribution in [2.45, 2.75) is 22.6 Å². The van der Waals surface area contributed by atoms with Crippen LogP contribution in [-0.4, -0.2) is 47.8 Å². The fourth-order valence-corrected chi connectivity index (χ4v) is 5.70. The van der Waals surface area contributed by atoms with Gasteiger partial charge in [-0.3, -0.25) is 14.5 Å². The van der Waals surface area contributed by atoms with Gasteiger partial charge in [0.25, 0.3) is 5.91 Å². The third-order valence-electron chi connectivity index (χ3n) is 4.08. The Morgan fingerprint density at radius 2 is 1.87 bits per heavy atom. The molecule has 1 unspecified atom stereocenters. The molecule has 3 rings (SSSR count). The van der Waals surface area contributed by atoms with Crippen molar-refractivity contribution in [3.8, 4) is 0 Å². The summed E-state index contributed by atoms with van der Waals surface area (Å²) in [5, 5.41) is -1.17. The molecule has 3 atom stereocenters. The lowest BCUT2D eigenvalue weighted by molar-refractivity contribution is -0.158. The molecule has 1 aromatic rings. The van der Waals surface area contributed by atoms with Crippen molar-refractivity contribution in [1.29, 1.82) is 0 Å². The van der Waals surface area contributed by atoms with Crippen LogP contribution in [0.4, 0.5) is 0 Å². The van der Waals surface area contributed by atoms with E-state index >= 15 is 0 Å². The van der Waals surface area contributed by atoms with E-state index in [4.69, 9.17) is 4.74 Å². The second kappa shape index (κ2) is 5.54. The minimum Gasteiger partial charge on any atom is -0.368 e. The third-order valence-corrected chi connectivity index (χ3v) is 8.39. The minimum atomic E-state index is -3.71. The monoisotopic (exact) mass is 399 g/mol. The summed E-state index contributed by atoms with van der Waals surface area (Å²) in [4.78, 5) is 26.1. The first kappa shape index (κ1) is 16.4. The molecule has 1 fully saturated rings. The number of ketones is 1. The van der Waals surface area contributed by atoms with E-state index in [1.165, 1.54) is 14.0 Å². The highest BCUT2D eigenvalue weighted by atomic mass is 79.9. The molecule has 0 N–H and O–H groups in total. The van der Waals surface area contributed by atoms with Crippen molar-refractivity contribution in [2.24, 2.45) is 0 Å². The number of halogens is 1. The average molecular weight is 400 g/mol. The summed E-state index contributed by atoms with van der Waals surface area (Å²) >= 11 is 3.14. The Kier molecular flexibility index (Phi) is 3.94. The highest BCUT2D eigenvalue weighted by Crippen LogP contribution is 2.43. The maximum absolute atomic E-state index is 12.8. The number of rotatable bonds is 3. The summed E-state index contributed by atoms with van der Waals surface area (Å²) in [7, 11) is -2.43. The largest absolute Gasteiger partial charge is 0.368 e. The van der Waals surface area contributed by atoms with E-state index in [1.807, 2.05) is 0 Å². The molecule has 0 bridgehead atoms. The number of nitrogens with zero attached hydrogens (tertiary/aromatic N) is 1. The van der Waals surface area contributed by atoms with Crippen LogP contribution in [0.3, 0.4) is 0 Å². The summed E-state index contributed by atoms with van der Waals surface area (Å²) in [6.45, 7) is 1.54. The van der Waals surface area contributed by atoms with E-state index in [9.17, 15) is 18.0 Å². The summed E-state index contributed by atoms with van der Waals surface area (Å²) < 4.78 is 29.0. The number of β-lactam (4-membered cyclic amide) rings is 1. The molecule has 6 nitrogen and oxygen atoms in total. The molecule has 0 saturated carbocycles. The summed E-state index contributed by atoms with van der Waals surface area (Å²) in [6.07, 6.45) is -1.08. The Morgan fingerprint density at radius 3 is 2.43 bits per heavy atom. The highest BCUT2D eigenvalue weighted by molar-refractivity contribution is 9.11. The minimum absolute atomic E-state index is 0.108. The van der Waals surface area contributed by atoms with Crippen molar-refractivity contribution >= 4 is 37.5 Å². The number of hydrogen-bond donors (Lipinski definition) is 0. The van der Waals surface area contributed by atoms with E-state index in [-0.39, 0.29) is 11.5 Å². The van der Waals surface area contributed by atoms with Gasteiger partial charge in [0.15, 0.2) is 21.3 Å². The van der Waals surface area contributed by atoms with E-state index in [0.717, 1.165) is 4.90 Å². The van der Waals surface area contributed by atoms with Crippen molar-refractivity contribution < 1.29 is 22.7 Å². The zero-order valence-corrected chi connectivity index (χ0v) is 14.8. The summed E-state index contributed by atoms with van der Waals surface area (Å²) in [5.74, 6) is -0.894. The number of carbonyl (C=O) groups excluding carboxylic acids is 2. The molecule has 0 spiro atoms. The fourth-order valence-electron chi connectivity index (χ4n) is 2.89. The molecule has 0 radical (unpaired) electrons. The van der Waals surface area contributed by atoms with Gasteiger partial charge in [-0.05, 0) is 12.5 Å². The summed E-state index contributed by atoms with van der Waals surface area (Å²) in [5.41, 5.74) is 0.808. The molecule has 2 aliphatic heterocycles. The Labute approximate surface area is 142 Å². The van der Waals surface area contributed by atoms with Crippen molar-refractivity contribution in [2.75, 3.05) is 7.11 Å². The highest BCUT2D eigenvalue weighted by Gasteiger charge is 2.62. The lowest BCUT2D eigenvalue weighted by Gasteiger charge is -2.49. The number of sulfone groups is 1. The van der Waals surface area contributed by atoms with Gasteiger partial charge in [-0.15, -0.1) is 0 Å². The number of fused-ring (bicyclic) bond motifs is 1. The lowest BCUT2D eigenvalue weighted by atomic mass is 9.99. The normalized spacial score (nSPS) is 29.1. The second-order valence-corrected chi connectivity index (χ2v) is 9.04. The maximum atomic E-state index is 12.8. The number of allylic oxidation sites excluding steroid dienone is 1. The van der Waals surface area contributed by atoms with Crippen LogP contribution in [0, 0.1) is 0 Å². The Balaban J connectivity index is 2.14. The second-order valence-electron chi connectivity index (χ2n) is 5.39. The number of ether oxygens (including phenoxy) is 1. The van der Waals surface area contributed by atoms with Gasteiger partial charge in [0, 0.05) is 12.7 Å². The van der Waals surface area contributed by atoms with Crippen molar-refractivity contribution in [3.05, 3.63) is 47.2 Å². The van der Waals surface area contributed by atoms with Crippen LogP contribution in [0.15, 0.2) is 41.6 Å². The van der Waals surface area contributed by atoms with Crippen LogP contribution in [-0.2, 0) is 19.4 Å². The van der Waals surface area contributed by atoms with E-state index in [0.29, 0.717) is 11.1 Å². The molecule has 23 heavy (non-hydrogen) atoms. The number of alkyl halides is 1. The van der Waals surface area contributed by atoms with Crippen LogP contribution in [0.2, 0.25) is 0 Å². The van der Waals surface area contributed by atoms with Gasteiger partial charge in [0.1, 0.15) is 4.16 Å². The molecule has 0 aromatic heterocycles. The molecule has 2 heterocycles. The van der Waals surface area contributed by atoms with Gasteiger partial charge >= 0.3 is 0 Å². The molecule has 8 heteroatoms. The molecule has 2 aliphatic rings. The molecule has 122 valence electrons. The number of amides is 1. The number of carbonyl (C=O) groups is 2. The topological polar surface area (TPSA) is 80.8 Å². The van der Waals surface area contributed by atoms with Crippen LogP contribution in [0.25, 0.3) is 0 Å². The lowest BCUT2D eigenvalue weighted by Crippen LogP contribution is -2.71. The summed E-state index contributed by atoms with van der Waals surface area (Å²) in [6, 6.07) is 8.45. The predicted molar refractivity (Wildman–Crippen MR) is 86.5 cm³/mol. The fraction of sp³-hybridized carbons (Fsp3) is 0.333. The Hall–Kier alpha value is -1.51. The number of benzene rings is 1. The van der Waals surface area contributed by atoms with Gasteiger partial charge in [-0.1, -0.05) is 46.3 Å². The van der Waals surface area contributed by atoms with Crippen LogP contribution in [0.5, 0.6) is 0 Å². The smallest absolute Gasteiger partial charge is 0.260 e. The SMILES string of the molecule is CO[C@H]1C(=O)N2C(C(=O)c3ccccc3)=C(C)C(Br)S(=O)(=O)[C@H]12. The van der Waals surface area contributed by atoms with Crippen molar-refractivity contribution in [3.63, 3.8) is 0 Å². The van der Waals surface area contributed by atoms with Crippen LogP contribution in [0.1, 0.15) is 17.3 Å². The van der Waals surface area contributed by atoms with E-state index < -0.39 is 31.4 Å². The van der Waals surface area contributed by atoms with Gasteiger partial charge in [0.05, 0.1) is 5.70 Å². The average Bonchev–Trinajstić information content (AvgIpc) is 2.54. The standard InChI is InChI=1S/C15H14BrNO5S/c1-8-10(11(18)9-6-4-3-5-7-9)17-14(19)12(22-2)15(17)23(20,21)13(8)16/h3-7,12-13,15H,1-2H3/t12-,13?,15+/m0/s1. The van der Waals surface area contributed by atoms with Crippen LogP contribution >= 0.6 is 15.9 Å². The van der Waals surface area contributed by atoms with Gasteiger partial charge in [-0.25, -0.2) is 8.42 Å². The zero-order chi connectivity index (χ0) is 16.9. The predicted octanol–water partition coefficient (Wildman–Crippen LogP) is 1.48. The Morgan fingerprint density at radius 1 is 1.26 bits per heavy atom. The van der Waals surface area contributed by atoms with E-state index in [1.54, 1.807) is 30.3 Å². The van der Waals surface area contributed by atoms with Gasteiger partial charge < -0.3 is 4.74 Å². The van der Waals surface area contributed by atoms with Crippen LogP contribution < -0.4 is 0 Å². The number of Topliss-reactive ketones (excluding diaryl/α,β-unsaturated/α-hetero) is 1. The Bertz CT molecular complexity index is 818. The quantitative estimate of drug-likeness (QED) is 0.436. The van der Waals surface area contributed by atoms with E-state index in [2.05, 4.69) is 15.9 Å².